The van der Waals surface area contributed by atoms with E-state index in [1.807, 2.05) is 48.5 Å². The topological polar surface area (TPSA) is 63.6 Å². The van der Waals surface area contributed by atoms with Crippen LogP contribution in [0.1, 0.15) is 0 Å². The number of thiophene rings is 1. The Bertz CT molecular complexity index is 1630. The molecule has 0 radical (unpaired) electrons. The minimum Gasteiger partial charge on any atom is -0.397 e. The van der Waals surface area contributed by atoms with Gasteiger partial charge in [0.05, 0.1) is 17.6 Å². The number of nitrogens with two attached hydrogens (primary N) is 1. The molecule has 0 amide bonds. The lowest BCUT2D eigenvalue weighted by Gasteiger charge is -2.05. The lowest BCUT2D eigenvalue weighted by Crippen LogP contribution is -1.86. The van der Waals surface area contributed by atoms with Crippen molar-refractivity contribution in [2.75, 3.05) is 5.73 Å². The molecule has 0 bridgehead atoms. The van der Waals surface area contributed by atoms with Gasteiger partial charge in [0, 0.05) is 31.1 Å². The summed E-state index contributed by atoms with van der Waals surface area (Å²) in [7, 11) is 0. The quantitative estimate of drug-likeness (QED) is 0.227. The van der Waals surface area contributed by atoms with Gasteiger partial charge in [-0.15, -0.1) is 21.6 Å². The number of benzene rings is 4. The predicted octanol–water partition coefficient (Wildman–Crippen LogP) is 8.27. The first-order valence-corrected chi connectivity index (χ1v) is 11.2. The Balaban J connectivity index is 1.37. The third-order valence-corrected chi connectivity index (χ3v) is 6.85. The van der Waals surface area contributed by atoms with Gasteiger partial charge in [0.15, 0.2) is 0 Å². The first-order valence-electron chi connectivity index (χ1n) is 10.3. The molecule has 0 aliphatic carbocycles. The molecule has 2 N–H and O–H groups in total. The minimum atomic E-state index is 0.605. The molecule has 32 heavy (non-hydrogen) atoms. The second-order valence-corrected chi connectivity index (χ2v) is 8.66. The highest BCUT2D eigenvalue weighted by Gasteiger charge is 2.11. The molecular weight excluding hydrogens is 412 g/mol. The van der Waals surface area contributed by atoms with Crippen molar-refractivity contribution in [3.63, 3.8) is 0 Å². The van der Waals surface area contributed by atoms with Crippen LogP contribution in [0.25, 0.3) is 42.2 Å². The Morgan fingerprint density at radius 1 is 0.688 bits per heavy atom. The Kier molecular flexibility index (Phi) is 4.40. The molecule has 2 aromatic heterocycles. The fourth-order valence-corrected chi connectivity index (χ4v) is 5.27. The monoisotopic (exact) mass is 430 g/mol. The molecule has 0 spiro atoms. The largest absolute Gasteiger partial charge is 0.397 e. The zero-order valence-electron chi connectivity index (χ0n) is 17.1. The highest BCUT2D eigenvalue weighted by molar-refractivity contribution is 7.26. The zero-order valence-corrected chi connectivity index (χ0v) is 17.9. The molecule has 0 saturated carbocycles. The number of fused-ring (bicyclic) bond motifs is 4. The molecule has 0 unspecified atom stereocenters. The maximum absolute atomic E-state index is 6.17. The minimum absolute atomic E-state index is 0.605. The van der Waals surface area contributed by atoms with Gasteiger partial charge in [-0.05, 0) is 29.7 Å². The second kappa shape index (κ2) is 7.55. The van der Waals surface area contributed by atoms with Crippen molar-refractivity contribution in [3.8, 4) is 11.3 Å². The summed E-state index contributed by atoms with van der Waals surface area (Å²) in [4.78, 5) is 4.69. The predicted molar refractivity (Wildman–Crippen MR) is 135 cm³/mol. The summed E-state index contributed by atoms with van der Waals surface area (Å²) in [5.41, 5.74) is 10.2. The van der Waals surface area contributed by atoms with E-state index in [1.165, 1.54) is 20.2 Å². The van der Waals surface area contributed by atoms with E-state index in [0.717, 1.165) is 22.0 Å². The lowest BCUT2D eigenvalue weighted by molar-refractivity contribution is 1.21. The highest BCUT2D eigenvalue weighted by Crippen LogP contribution is 2.39. The van der Waals surface area contributed by atoms with Gasteiger partial charge in [0.1, 0.15) is 11.4 Å². The van der Waals surface area contributed by atoms with E-state index in [9.17, 15) is 0 Å². The number of hydrogen-bond acceptors (Lipinski definition) is 5. The van der Waals surface area contributed by atoms with Crippen LogP contribution >= 0.6 is 11.3 Å². The van der Waals surface area contributed by atoms with Gasteiger partial charge in [-0.3, -0.25) is 4.98 Å². The molecule has 0 saturated heterocycles. The van der Waals surface area contributed by atoms with E-state index in [1.54, 1.807) is 17.5 Å². The van der Waals surface area contributed by atoms with Gasteiger partial charge in [0.25, 0.3) is 0 Å². The average molecular weight is 431 g/mol. The smallest absolute Gasteiger partial charge is 0.116 e. The van der Waals surface area contributed by atoms with Crippen LogP contribution in [-0.2, 0) is 0 Å². The van der Waals surface area contributed by atoms with Gasteiger partial charge >= 0.3 is 0 Å². The molecule has 0 aliphatic rings. The van der Waals surface area contributed by atoms with Crippen molar-refractivity contribution in [2.45, 2.75) is 0 Å². The van der Waals surface area contributed by atoms with E-state index in [2.05, 4.69) is 57.7 Å². The van der Waals surface area contributed by atoms with Crippen LogP contribution < -0.4 is 5.73 Å². The fourth-order valence-electron chi connectivity index (χ4n) is 4.04. The van der Waals surface area contributed by atoms with Crippen LogP contribution in [0.5, 0.6) is 0 Å². The number of rotatable bonds is 3. The van der Waals surface area contributed by atoms with Gasteiger partial charge in [0.2, 0.25) is 0 Å². The number of nitrogen functional groups attached to an aromatic ring is 1. The Hall–Kier alpha value is -4.09. The molecular formula is C27H18N4S. The van der Waals surface area contributed by atoms with E-state index >= 15 is 0 Å². The van der Waals surface area contributed by atoms with E-state index in [-0.39, 0.29) is 0 Å². The Morgan fingerprint density at radius 2 is 1.50 bits per heavy atom. The standard InChI is InChI=1S/C27H18N4S/c28-23-14-12-17-6-1-2-7-19(17)26(23)31-30-18-13-15-24(29-16-18)22-10-5-9-21-20-8-3-4-11-25(20)32-27(21)22/h1-16H,28H2/b31-30+. The van der Waals surface area contributed by atoms with Crippen molar-refractivity contribution in [1.82, 2.24) is 4.98 Å². The van der Waals surface area contributed by atoms with Crippen LogP contribution in [0.15, 0.2) is 107 Å². The van der Waals surface area contributed by atoms with Crippen LogP contribution in [0.2, 0.25) is 0 Å². The molecule has 4 nitrogen and oxygen atoms in total. The molecule has 6 rings (SSSR count). The van der Waals surface area contributed by atoms with Crippen LogP contribution in [0, 0.1) is 0 Å². The number of azo groups is 1. The number of pyridine rings is 1. The van der Waals surface area contributed by atoms with E-state index in [0.29, 0.717) is 17.1 Å². The summed E-state index contributed by atoms with van der Waals surface area (Å²) in [5.74, 6) is 0. The van der Waals surface area contributed by atoms with Crippen molar-refractivity contribution >= 4 is 59.3 Å². The molecule has 2 heterocycles. The maximum atomic E-state index is 6.17. The summed E-state index contributed by atoms with van der Waals surface area (Å²) >= 11 is 1.80. The third kappa shape index (κ3) is 3.11. The first-order chi connectivity index (χ1) is 15.8. The Morgan fingerprint density at radius 3 is 2.38 bits per heavy atom. The summed E-state index contributed by atoms with van der Waals surface area (Å²) in [6.07, 6.45) is 1.76. The van der Waals surface area contributed by atoms with Crippen molar-refractivity contribution in [1.29, 1.82) is 0 Å². The third-order valence-electron chi connectivity index (χ3n) is 5.63. The molecule has 6 aromatic rings. The maximum Gasteiger partial charge on any atom is 0.116 e. The number of hydrogen-bond donors (Lipinski definition) is 1. The summed E-state index contributed by atoms with van der Waals surface area (Å²) in [6.45, 7) is 0. The zero-order chi connectivity index (χ0) is 21.5. The normalized spacial score (nSPS) is 11.8. The van der Waals surface area contributed by atoms with Crippen molar-refractivity contribution < 1.29 is 0 Å². The van der Waals surface area contributed by atoms with Crippen LogP contribution in [0.3, 0.4) is 0 Å². The summed E-state index contributed by atoms with van der Waals surface area (Å²) in [5, 5.41) is 13.5. The molecule has 4 aromatic carbocycles. The first kappa shape index (κ1) is 18.7. The van der Waals surface area contributed by atoms with Crippen molar-refractivity contribution in [3.05, 3.63) is 97.2 Å². The summed E-state index contributed by atoms with van der Waals surface area (Å²) in [6, 6.07) is 30.7. The van der Waals surface area contributed by atoms with Crippen molar-refractivity contribution in [2.24, 2.45) is 10.2 Å². The number of aromatic nitrogens is 1. The van der Waals surface area contributed by atoms with Gasteiger partial charge in [-0.1, -0.05) is 66.7 Å². The lowest BCUT2D eigenvalue weighted by atomic mass is 10.1. The van der Waals surface area contributed by atoms with Gasteiger partial charge < -0.3 is 5.73 Å². The molecule has 152 valence electrons. The highest BCUT2D eigenvalue weighted by atomic mass is 32.1. The number of nitrogens with zero attached hydrogens (tertiary/aromatic N) is 3. The van der Waals surface area contributed by atoms with Gasteiger partial charge in [-0.25, -0.2) is 0 Å². The average Bonchev–Trinajstić information content (AvgIpc) is 3.23. The molecule has 5 heteroatoms. The molecule has 0 fully saturated rings. The SMILES string of the molecule is Nc1ccc2ccccc2c1/N=N/c1ccc(-c2cccc3c2sc2ccccc23)nc1. The van der Waals surface area contributed by atoms with Gasteiger partial charge in [-0.2, -0.15) is 0 Å². The summed E-state index contributed by atoms with van der Waals surface area (Å²) < 4.78 is 2.53. The van der Waals surface area contributed by atoms with Crippen LogP contribution in [0.4, 0.5) is 17.1 Å². The Labute approximate surface area is 188 Å². The van der Waals surface area contributed by atoms with Crippen LogP contribution in [-0.4, -0.2) is 4.98 Å². The fraction of sp³-hybridized carbons (Fsp3) is 0. The van der Waals surface area contributed by atoms with E-state index in [4.69, 9.17) is 5.73 Å². The van der Waals surface area contributed by atoms with E-state index < -0.39 is 0 Å². The second-order valence-electron chi connectivity index (χ2n) is 7.61. The molecule has 0 aliphatic heterocycles. The number of anilines is 1. The molecule has 0 atom stereocenters.